The molecule has 0 aromatic heterocycles. The molecule has 2 aliphatic rings. The van der Waals surface area contributed by atoms with Crippen LogP contribution in [0, 0.1) is 0 Å². The van der Waals surface area contributed by atoms with Gasteiger partial charge in [-0.3, -0.25) is 14.5 Å². The van der Waals surface area contributed by atoms with Crippen molar-refractivity contribution in [3.05, 3.63) is 89.5 Å². The van der Waals surface area contributed by atoms with E-state index in [1.54, 1.807) is 36.4 Å². The lowest BCUT2D eigenvalue weighted by molar-refractivity contribution is -0.274. The van der Waals surface area contributed by atoms with Crippen LogP contribution in [0.3, 0.4) is 0 Å². The topological polar surface area (TPSA) is 85.3 Å². The first-order valence-electron chi connectivity index (χ1n) is 10.8. The first kappa shape index (κ1) is 23.3. The highest BCUT2D eigenvalue weighted by molar-refractivity contribution is 6.51. The van der Waals surface area contributed by atoms with Crippen molar-refractivity contribution < 1.29 is 42.1 Å². The molecule has 1 atom stereocenters. The average molecular weight is 497 g/mol. The molecule has 0 saturated carbocycles. The van der Waals surface area contributed by atoms with Crippen molar-refractivity contribution >= 4 is 23.1 Å². The predicted molar refractivity (Wildman–Crippen MR) is 122 cm³/mol. The van der Waals surface area contributed by atoms with Gasteiger partial charge < -0.3 is 19.3 Å². The van der Waals surface area contributed by atoms with Crippen molar-refractivity contribution in [1.82, 2.24) is 0 Å². The fourth-order valence-electron chi connectivity index (χ4n) is 4.23. The fraction of sp³-hybridized carbons (Fsp3) is 0.154. The number of aliphatic hydroxyl groups excluding tert-OH is 1. The third kappa shape index (κ3) is 4.33. The van der Waals surface area contributed by atoms with Gasteiger partial charge in [0, 0.05) is 17.3 Å². The van der Waals surface area contributed by atoms with Crippen LogP contribution >= 0.6 is 0 Å². The standard InChI is InChI=1S/C26H18F3NO6/c27-26(28,29)36-18-8-4-7-17(14-18)30-22(15-5-2-1-3-6-15)21(24(32)25(30)33)23(31)16-9-10-19-20(13-16)35-12-11-34-19/h1-10,13-14,22,31H,11-12H2/b23-21-. The van der Waals surface area contributed by atoms with E-state index in [-0.39, 0.29) is 16.8 Å². The van der Waals surface area contributed by atoms with Crippen molar-refractivity contribution in [3.63, 3.8) is 0 Å². The van der Waals surface area contributed by atoms with Gasteiger partial charge in [0.05, 0.1) is 11.6 Å². The van der Waals surface area contributed by atoms with Gasteiger partial charge in [0.25, 0.3) is 11.7 Å². The Morgan fingerprint density at radius 3 is 2.36 bits per heavy atom. The molecule has 36 heavy (non-hydrogen) atoms. The van der Waals surface area contributed by atoms with Crippen LogP contribution in [0.4, 0.5) is 18.9 Å². The lowest BCUT2D eigenvalue weighted by Gasteiger charge is -2.26. The summed E-state index contributed by atoms with van der Waals surface area (Å²) in [5.74, 6) is -2.16. The summed E-state index contributed by atoms with van der Waals surface area (Å²) in [6.07, 6.45) is -4.94. The van der Waals surface area contributed by atoms with Gasteiger partial charge in [0.15, 0.2) is 11.5 Å². The molecule has 0 aliphatic carbocycles. The van der Waals surface area contributed by atoms with Crippen LogP contribution in [-0.4, -0.2) is 36.4 Å². The zero-order chi connectivity index (χ0) is 25.4. The number of nitrogens with zero attached hydrogens (tertiary/aromatic N) is 1. The average Bonchev–Trinajstić information content (AvgIpc) is 3.13. The monoisotopic (exact) mass is 497 g/mol. The SMILES string of the molecule is O=C1C(=O)N(c2cccc(OC(F)(F)F)c2)C(c2ccccc2)/C1=C(/O)c1ccc2c(c1)OCCO2. The molecule has 0 spiro atoms. The molecule has 3 aromatic rings. The van der Waals surface area contributed by atoms with Gasteiger partial charge in [0.2, 0.25) is 0 Å². The first-order valence-corrected chi connectivity index (χ1v) is 10.8. The number of fused-ring (bicyclic) bond motifs is 1. The van der Waals surface area contributed by atoms with E-state index < -0.39 is 35.6 Å². The largest absolute Gasteiger partial charge is 0.573 e. The number of hydrogen-bond acceptors (Lipinski definition) is 6. The highest BCUT2D eigenvalue weighted by Crippen LogP contribution is 2.44. The molecule has 1 saturated heterocycles. The Morgan fingerprint density at radius 1 is 0.917 bits per heavy atom. The van der Waals surface area contributed by atoms with Crippen molar-refractivity contribution in [2.45, 2.75) is 12.4 Å². The summed E-state index contributed by atoms with van der Waals surface area (Å²) in [5, 5.41) is 11.2. The van der Waals surface area contributed by atoms with Gasteiger partial charge >= 0.3 is 6.36 Å². The Kier molecular flexibility index (Phi) is 5.79. The summed E-state index contributed by atoms with van der Waals surface area (Å²) < 4.78 is 53.4. The van der Waals surface area contributed by atoms with Gasteiger partial charge in [0.1, 0.15) is 24.7 Å². The highest BCUT2D eigenvalue weighted by atomic mass is 19.4. The number of ether oxygens (including phenoxy) is 3. The number of hydrogen-bond donors (Lipinski definition) is 1. The van der Waals surface area contributed by atoms with E-state index in [0.29, 0.717) is 30.3 Å². The molecular weight excluding hydrogens is 479 g/mol. The molecule has 1 amide bonds. The number of anilines is 1. The normalized spacial score (nSPS) is 18.9. The summed E-state index contributed by atoms with van der Waals surface area (Å²) in [4.78, 5) is 27.4. The van der Waals surface area contributed by atoms with E-state index in [1.165, 1.54) is 24.3 Å². The Balaban J connectivity index is 1.65. The van der Waals surface area contributed by atoms with Crippen molar-refractivity contribution in [2.75, 3.05) is 18.1 Å². The quantitative estimate of drug-likeness (QED) is 0.311. The third-order valence-corrected chi connectivity index (χ3v) is 5.70. The van der Waals surface area contributed by atoms with Crippen LogP contribution < -0.4 is 19.1 Å². The second kappa shape index (κ2) is 8.95. The fourth-order valence-corrected chi connectivity index (χ4v) is 4.23. The molecule has 3 aromatic carbocycles. The Bertz CT molecular complexity index is 1370. The maximum atomic E-state index is 13.2. The number of Topliss-reactive ketones (excluding diaryl/α,β-unsaturated/α-hetero) is 1. The molecule has 1 fully saturated rings. The molecule has 5 rings (SSSR count). The minimum Gasteiger partial charge on any atom is -0.507 e. The zero-order valence-electron chi connectivity index (χ0n) is 18.5. The Morgan fingerprint density at radius 2 is 1.64 bits per heavy atom. The van der Waals surface area contributed by atoms with E-state index >= 15 is 0 Å². The van der Waals surface area contributed by atoms with Crippen molar-refractivity contribution in [3.8, 4) is 17.2 Å². The lowest BCUT2D eigenvalue weighted by Crippen LogP contribution is -2.29. The Labute approximate surface area is 202 Å². The van der Waals surface area contributed by atoms with Gasteiger partial charge in [-0.2, -0.15) is 0 Å². The second-order valence-electron chi connectivity index (χ2n) is 7.98. The van der Waals surface area contributed by atoms with E-state index in [9.17, 15) is 27.9 Å². The molecule has 2 aliphatic heterocycles. The number of carbonyl (C=O) groups is 2. The number of carbonyl (C=O) groups excluding carboxylic acids is 2. The second-order valence-corrected chi connectivity index (χ2v) is 7.98. The van der Waals surface area contributed by atoms with E-state index in [2.05, 4.69) is 4.74 Å². The molecular formula is C26H18F3NO6. The van der Waals surface area contributed by atoms with E-state index in [1.807, 2.05) is 0 Å². The summed E-state index contributed by atoms with van der Waals surface area (Å²) in [6.45, 7) is 0.677. The van der Waals surface area contributed by atoms with Gasteiger partial charge in [-0.05, 0) is 35.9 Å². The van der Waals surface area contributed by atoms with Gasteiger partial charge in [-0.25, -0.2) is 0 Å². The number of alkyl halides is 3. The van der Waals surface area contributed by atoms with Crippen LogP contribution in [0.5, 0.6) is 17.2 Å². The smallest absolute Gasteiger partial charge is 0.507 e. The maximum Gasteiger partial charge on any atom is 0.573 e. The number of aliphatic hydroxyl groups is 1. The van der Waals surface area contributed by atoms with Gasteiger partial charge in [-0.15, -0.1) is 13.2 Å². The number of benzene rings is 3. The van der Waals surface area contributed by atoms with Crippen molar-refractivity contribution in [2.24, 2.45) is 0 Å². The molecule has 1 N–H and O–H groups in total. The van der Waals surface area contributed by atoms with Crippen LogP contribution in [0.1, 0.15) is 17.2 Å². The van der Waals surface area contributed by atoms with Crippen LogP contribution in [0.15, 0.2) is 78.4 Å². The number of ketones is 1. The summed E-state index contributed by atoms with van der Waals surface area (Å²) in [5.41, 5.74) is 0.462. The highest BCUT2D eigenvalue weighted by Gasteiger charge is 2.47. The molecule has 10 heteroatoms. The third-order valence-electron chi connectivity index (χ3n) is 5.70. The molecule has 1 unspecified atom stereocenters. The predicted octanol–water partition coefficient (Wildman–Crippen LogP) is 4.98. The zero-order valence-corrected chi connectivity index (χ0v) is 18.5. The molecule has 184 valence electrons. The maximum absolute atomic E-state index is 13.2. The summed E-state index contributed by atoms with van der Waals surface area (Å²) in [6, 6.07) is 16.6. The number of rotatable bonds is 4. The van der Waals surface area contributed by atoms with E-state index in [0.717, 1.165) is 17.0 Å². The van der Waals surface area contributed by atoms with Crippen molar-refractivity contribution in [1.29, 1.82) is 0 Å². The minimum atomic E-state index is -4.94. The van der Waals surface area contributed by atoms with Gasteiger partial charge in [-0.1, -0.05) is 36.4 Å². The minimum absolute atomic E-state index is 0.00562. The molecule has 0 bridgehead atoms. The molecule has 2 heterocycles. The van der Waals surface area contributed by atoms with Crippen LogP contribution in [0.25, 0.3) is 5.76 Å². The van der Waals surface area contributed by atoms with Crippen LogP contribution in [0.2, 0.25) is 0 Å². The summed E-state index contributed by atoms with van der Waals surface area (Å²) >= 11 is 0. The summed E-state index contributed by atoms with van der Waals surface area (Å²) in [7, 11) is 0. The first-order chi connectivity index (χ1) is 17.2. The molecule has 7 nitrogen and oxygen atoms in total. The number of amides is 1. The van der Waals surface area contributed by atoms with Crippen LogP contribution in [-0.2, 0) is 9.59 Å². The molecule has 0 radical (unpaired) electrons. The number of halogens is 3. The Hall–Kier alpha value is -4.47. The van der Waals surface area contributed by atoms with E-state index in [4.69, 9.17) is 9.47 Å². The lowest BCUT2D eigenvalue weighted by atomic mass is 9.95.